The fraction of sp³-hybridized carbons (Fsp3) is 0.333. The zero-order valence-electron chi connectivity index (χ0n) is 11.6. The van der Waals surface area contributed by atoms with Crippen molar-refractivity contribution < 1.29 is 4.79 Å². The van der Waals surface area contributed by atoms with Crippen LogP contribution in [-0.4, -0.2) is 39.7 Å². The Labute approximate surface area is 128 Å². The normalized spacial score (nSPS) is 18.2. The van der Waals surface area contributed by atoms with Crippen LogP contribution in [-0.2, 0) is 6.54 Å². The Kier molecular flexibility index (Phi) is 3.94. The maximum absolute atomic E-state index is 12.3. The molecular formula is C15H17ClN4O. The first kappa shape index (κ1) is 14.1. The van der Waals surface area contributed by atoms with Crippen molar-refractivity contribution in [1.82, 2.24) is 14.7 Å². The molecule has 0 aliphatic carbocycles. The minimum Gasteiger partial charge on any atom is -0.337 e. The summed E-state index contributed by atoms with van der Waals surface area (Å²) in [7, 11) is 0. The number of halogens is 1. The van der Waals surface area contributed by atoms with Gasteiger partial charge in [0.1, 0.15) is 0 Å². The van der Waals surface area contributed by atoms with Crippen LogP contribution >= 0.6 is 11.6 Å². The van der Waals surface area contributed by atoms with Crippen LogP contribution in [0.15, 0.2) is 36.7 Å². The highest BCUT2D eigenvalue weighted by Gasteiger charge is 2.25. The molecule has 1 aliphatic heterocycles. The van der Waals surface area contributed by atoms with Gasteiger partial charge in [-0.05, 0) is 18.1 Å². The fourth-order valence-electron chi connectivity index (χ4n) is 2.52. The average molecular weight is 305 g/mol. The topological polar surface area (TPSA) is 64.2 Å². The first-order chi connectivity index (χ1) is 10.1. The Balaban J connectivity index is 1.72. The number of rotatable bonds is 3. The molecule has 0 bridgehead atoms. The highest BCUT2D eigenvalue weighted by molar-refractivity contribution is 6.31. The van der Waals surface area contributed by atoms with E-state index in [2.05, 4.69) is 5.10 Å². The van der Waals surface area contributed by atoms with E-state index in [1.807, 2.05) is 24.3 Å². The van der Waals surface area contributed by atoms with Gasteiger partial charge in [0.25, 0.3) is 5.91 Å². The summed E-state index contributed by atoms with van der Waals surface area (Å²) in [5, 5.41) is 4.94. The van der Waals surface area contributed by atoms with Gasteiger partial charge in [-0.1, -0.05) is 29.8 Å². The number of carbonyl (C=O) groups excluding carboxylic acids is 1. The second-order valence-electron chi connectivity index (χ2n) is 5.32. The van der Waals surface area contributed by atoms with Gasteiger partial charge in [0.2, 0.25) is 0 Å². The van der Waals surface area contributed by atoms with E-state index in [1.165, 1.54) is 0 Å². The molecule has 5 nitrogen and oxygen atoms in total. The lowest BCUT2D eigenvalue weighted by Crippen LogP contribution is -2.31. The number of hydrogen-bond donors (Lipinski definition) is 1. The molecule has 3 rings (SSSR count). The standard InChI is InChI=1S/C15H17ClN4O/c16-14-4-2-1-3-11(14)8-20-9-12(7-18-20)15(21)19-6-5-13(17)10-19/h1-4,7,9,13H,5-6,8,10,17H2/t13-/m1/s1. The first-order valence-corrected chi connectivity index (χ1v) is 7.32. The number of benzene rings is 1. The monoisotopic (exact) mass is 304 g/mol. The zero-order valence-corrected chi connectivity index (χ0v) is 12.3. The summed E-state index contributed by atoms with van der Waals surface area (Å²) in [4.78, 5) is 14.1. The van der Waals surface area contributed by atoms with Crippen molar-refractivity contribution in [2.24, 2.45) is 5.73 Å². The third kappa shape index (κ3) is 3.09. The second kappa shape index (κ2) is 5.87. The van der Waals surface area contributed by atoms with Gasteiger partial charge in [-0.25, -0.2) is 0 Å². The SMILES string of the molecule is N[C@@H]1CCN(C(=O)c2cnn(Cc3ccccc3Cl)c2)C1. The molecule has 2 aromatic rings. The van der Waals surface area contributed by atoms with Crippen LogP contribution in [0.3, 0.4) is 0 Å². The van der Waals surface area contributed by atoms with E-state index in [9.17, 15) is 4.79 Å². The molecule has 0 saturated carbocycles. The van der Waals surface area contributed by atoms with Crippen LogP contribution in [0.5, 0.6) is 0 Å². The van der Waals surface area contributed by atoms with Gasteiger partial charge in [-0.2, -0.15) is 5.10 Å². The summed E-state index contributed by atoms with van der Waals surface area (Å²) < 4.78 is 1.73. The van der Waals surface area contributed by atoms with Crippen molar-refractivity contribution in [2.45, 2.75) is 19.0 Å². The largest absolute Gasteiger partial charge is 0.337 e. The molecule has 1 saturated heterocycles. The fourth-order valence-corrected chi connectivity index (χ4v) is 2.71. The number of nitrogens with zero attached hydrogens (tertiary/aromatic N) is 3. The van der Waals surface area contributed by atoms with E-state index in [1.54, 1.807) is 22.0 Å². The molecule has 1 aromatic carbocycles. The summed E-state index contributed by atoms with van der Waals surface area (Å²) in [5.41, 5.74) is 7.41. The number of nitrogens with two attached hydrogens (primary N) is 1. The Morgan fingerprint density at radius 2 is 2.24 bits per heavy atom. The summed E-state index contributed by atoms with van der Waals surface area (Å²) in [6.45, 7) is 1.89. The lowest BCUT2D eigenvalue weighted by Gasteiger charge is -2.14. The minimum absolute atomic E-state index is 0.00615. The van der Waals surface area contributed by atoms with Crippen LogP contribution in [0.4, 0.5) is 0 Å². The number of aromatic nitrogens is 2. The predicted molar refractivity (Wildman–Crippen MR) is 81.3 cm³/mol. The molecule has 1 aromatic heterocycles. The number of amides is 1. The molecule has 21 heavy (non-hydrogen) atoms. The summed E-state index contributed by atoms with van der Waals surface area (Å²) >= 11 is 6.13. The summed E-state index contributed by atoms with van der Waals surface area (Å²) in [6.07, 6.45) is 4.22. The van der Waals surface area contributed by atoms with Crippen molar-refractivity contribution in [3.63, 3.8) is 0 Å². The van der Waals surface area contributed by atoms with Gasteiger partial charge in [0.05, 0.1) is 18.3 Å². The third-order valence-electron chi connectivity index (χ3n) is 3.68. The lowest BCUT2D eigenvalue weighted by atomic mass is 10.2. The van der Waals surface area contributed by atoms with Crippen molar-refractivity contribution in [1.29, 1.82) is 0 Å². The molecule has 2 heterocycles. The quantitative estimate of drug-likeness (QED) is 0.939. The van der Waals surface area contributed by atoms with Gasteiger partial charge in [0.15, 0.2) is 0 Å². The number of hydrogen-bond acceptors (Lipinski definition) is 3. The molecule has 0 unspecified atom stereocenters. The third-order valence-corrected chi connectivity index (χ3v) is 4.05. The van der Waals surface area contributed by atoms with E-state index in [-0.39, 0.29) is 11.9 Å². The Bertz CT molecular complexity index is 655. The maximum atomic E-state index is 12.3. The van der Waals surface area contributed by atoms with E-state index >= 15 is 0 Å². The molecule has 0 spiro atoms. The van der Waals surface area contributed by atoms with Crippen LogP contribution in [0.1, 0.15) is 22.3 Å². The van der Waals surface area contributed by atoms with Crippen LogP contribution in [0.25, 0.3) is 0 Å². The second-order valence-corrected chi connectivity index (χ2v) is 5.73. The Morgan fingerprint density at radius 3 is 2.95 bits per heavy atom. The van der Waals surface area contributed by atoms with Crippen molar-refractivity contribution in [3.05, 3.63) is 52.8 Å². The Hall–Kier alpha value is -1.85. The van der Waals surface area contributed by atoms with Crippen LogP contribution < -0.4 is 5.73 Å². The van der Waals surface area contributed by atoms with Crippen molar-refractivity contribution >= 4 is 17.5 Å². The summed E-state index contributed by atoms with van der Waals surface area (Å²) in [6, 6.07) is 7.71. The smallest absolute Gasteiger partial charge is 0.257 e. The molecule has 1 atom stereocenters. The van der Waals surface area contributed by atoms with Crippen molar-refractivity contribution in [3.8, 4) is 0 Å². The van der Waals surface area contributed by atoms with Gasteiger partial charge in [0, 0.05) is 30.4 Å². The first-order valence-electron chi connectivity index (χ1n) is 6.94. The molecule has 0 radical (unpaired) electrons. The minimum atomic E-state index is -0.00615. The molecule has 1 aliphatic rings. The van der Waals surface area contributed by atoms with Crippen molar-refractivity contribution in [2.75, 3.05) is 13.1 Å². The maximum Gasteiger partial charge on any atom is 0.257 e. The van der Waals surface area contributed by atoms with Gasteiger partial charge in [-0.15, -0.1) is 0 Å². The van der Waals surface area contributed by atoms with Gasteiger partial charge in [-0.3, -0.25) is 9.48 Å². The van der Waals surface area contributed by atoms with Gasteiger partial charge >= 0.3 is 0 Å². The van der Waals surface area contributed by atoms with E-state index in [0.29, 0.717) is 23.7 Å². The van der Waals surface area contributed by atoms with E-state index < -0.39 is 0 Å². The summed E-state index contributed by atoms with van der Waals surface area (Å²) in [5.74, 6) is -0.00615. The highest BCUT2D eigenvalue weighted by Crippen LogP contribution is 2.17. The van der Waals surface area contributed by atoms with Crippen LogP contribution in [0, 0.1) is 0 Å². The number of carbonyl (C=O) groups is 1. The molecular weight excluding hydrogens is 288 g/mol. The molecule has 110 valence electrons. The van der Waals surface area contributed by atoms with Gasteiger partial charge < -0.3 is 10.6 Å². The molecule has 6 heteroatoms. The van der Waals surface area contributed by atoms with E-state index in [0.717, 1.165) is 18.5 Å². The molecule has 1 fully saturated rings. The average Bonchev–Trinajstić information content (AvgIpc) is 3.10. The molecule has 2 N–H and O–H groups in total. The highest BCUT2D eigenvalue weighted by atomic mass is 35.5. The van der Waals surface area contributed by atoms with E-state index in [4.69, 9.17) is 17.3 Å². The zero-order chi connectivity index (χ0) is 14.8. The lowest BCUT2D eigenvalue weighted by molar-refractivity contribution is 0.0791. The predicted octanol–water partition coefficient (Wildman–Crippen LogP) is 1.76. The molecule has 1 amide bonds. The number of likely N-dealkylation sites (tertiary alicyclic amines) is 1. The van der Waals surface area contributed by atoms with Crippen LogP contribution in [0.2, 0.25) is 5.02 Å². The Morgan fingerprint density at radius 1 is 1.43 bits per heavy atom.